The van der Waals surface area contributed by atoms with Gasteiger partial charge in [-0.15, -0.1) is 24.0 Å². The van der Waals surface area contributed by atoms with Gasteiger partial charge in [-0.05, 0) is 26.7 Å². The van der Waals surface area contributed by atoms with Crippen LogP contribution in [0.5, 0.6) is 0 Å². The summed E-state index contributed by atoms with van der Waals surface area (Å²) in [5.41, 5.74) is 2.54. The first-order chi connectivity index (χ1) is 11.0. The van der Waals surface area contributed by atoms with Crippen LogP contribution in [0.4, 0.5) is 0 Å². The van der Waals surface area contributed by atoms with Crippen LogP contribution >= 0.6 is 24.0 Å². The normalized spacial score (nSPS) is 25.2. The topological polar surface area (TPSA) is 62.9 Å². The predicted octanol–water partition coefficient (Wildman–Crippen LogP) is 2.70. The summed E-state index contributed by atoms with van der Waals surface area (Å²) in [6.07, 6.45) is 2.38. The summed E-state index contributed by atoms with van der Waals surface area (Å²) in [5.74, 6) is 2.24. The Morgan fingerprint density at radius 2 is 2.21 bits per heavy atom. The molecule has 3 heterocycles. The third-order valence-corrected chi connectivity index (χ3v) is 5.28. The minimum atomic E-state index is 0. The van der Waals surface area contributed by atoms with E-state index in [1.54, 1.807) is 0 Å². The van der Waals surface area contributed by atoms with Gasteiger partial charge in [-0.1, -0.05) is 12.1 Å². The summed E-state index contributed by atoms with van der Waals surface area (Å²) in [6, 6.07) is 0. The molecule has 0 radical (unpaired) electrons. The van der Waals surface area contributed by atoms with E-state index in [0.29, 0.717) is 11.3 Å². The van der Waals surface area contributed by atoms with Crippen LogP contribution in [0.1, 0.15) is 42.7 Å². The number of nitrogens with zero attached hydrogens (tertiary/aromatic N) is 3. The molecule has 2 aliphatic rings. The highest BCUT2D eigenvalue weighted by Gasteiger charge is 2.42. The van der Waals surface area contributed by atoms with Crippen molar-refractivity contribution < 1.29 is 9.26 Å². The molecule has 7 heteroatoms. The highest BCUT2D eigenvalue weighted by molar-refractivity contribution is 14.0. The average Bonchev–Trinajstić information content (AvgIpc) is 3.24. The number of aromatic nitrogens is 1. The Bertz CT molecular complexity index is 562. The average molecular weight is 448 g/mol. The van der Waals surface area contributed by atoms with Crippen LogP contribution in [0.25, 0.3) is 0 Å². The van der Waals surface area contributed by atoms with E-state index in [-0.39, 0.29) is 24.0 Å². The van der Waals surface area contributed by atoms with Crippen molar-refractivity contribution in [1.29, 1.82) is 0 Å². The van der Waals surface area contributed by atoms with Crippen molar-refractivity contribution >= 4 is 29.9 Å². The summed E-state index contributed by atoms with van der Waals surface area (Å²) >= 11 is 0. The standard InChI is InChI=1S/C17H28N4O2.HI/c1-12(15-13(2)20-23-14(15)3)9-19-16(18-4)21-7-5-17(10-21)6-8-22-11-17;/h12H,5-11H2,1-4H3,(H,18,19);1H. The molecule has 3 rings (SSSR count). The Morgan fingerprint density at radius 1 is 1.42 bits per heavy atom. The Kier molecular flexibility index (Phi) is 6.52. The van der Waals surface area contributed by atoms with Gasteiger partial charge in [0.1, 0.15) is 5.76 Å². The Hall–Kier alpha value is -0.830. The van der Waals surface area contributed by atoms with Crippen molar-refractivity contribution in [2.45, 2.75) is 39.5 Å². The van der Waals surface area contributed by atoms with Gasteiger partial charge < -0.3 is 19.5 Å². The molecule has 0 aromatic carbocycles. The lowest BCUT2D eigenvalue weighted by Crippen LogP contribution is -2.42. The van der Waals surface area contributed by atoms with Crippen LogP contribution in [0, 0.1) is 19.3 Å². The van der Waals surface area contributed by atoms with Crippen LogP contribution < -0.4 is 5.32 Å². The molecule has 2 atom stereocenters. The van der Waals surface area contributed by atoms with Gasteiger partial charge in [-0.25, -0.2) is 0 Å². The highest BCUT2D eigenvalue weighted by Crippen LogP contribution is 2.38. The summed E-state index contributed by atoms with van der Waals surface area (Å²) in [4.78, 5) is 6.84. The molecule has 1 spiro atoms. The van der Waals surface area contributed by atoms with Crippen molar-refractivity contribution in [3.63, 3.8) is 0 Å². The maximum Gasteiger partial charge on any atom is 0.193 e. The first kappa shape index (κ1) is 19.5. The lowest BCUT2D eigenvalue weighted by Gasteiger charge is -2.25. The van der Waals surface area contributed by atoms with E-state index in [9.17, 15) is 0 Å². The Labute approximate surface area is 161 Å². The van der Waals surface area contributed by atoms with Crippen molar-refractivity contribution in [3.8, 4) is 0 Å². The van der Waals surface area contributed by atoms with Crippen LogP contribution in [-0.4, -0.2) is 55.9 Å². The number of nitrogens with one attached hydrogen (secondary N) is 1. The van der Waals surface area contributed by atoms with Gasteiger partial charge in [0.15, 0.2) is 5.96 Å². The van der Waals surface area contributed by atoms with Gasteiger partial charge in [0.05, 0.1) is 12.3 Å². The van der Waals surface area contributed by atoms with E-state index in [1.807, 2.05) is 20.9 Å². The summed E-state index contributed by atoms with van der Waals surface area (Å²) in [7, 11) is 1.86. The molecule has 6 nitrogen and oxygen atoms in total. The first-order valence-electron chi connectivity index (χ1n) is 8.51. The second kappa shape index (κ2) is 8.03. The molecule has 2 saturated heterocycles. The van der Waals surface area contributed by atoms with E-state index in [2.05, 4.69) is 27.3 Å². The molecule has 24 heavy (non-hydrogen) atoms. The zero-order valence-corrected chi connectivity index (χ0v) is 17.4. The van der Waals surface area contributed by atoms with E-state index in [1.165, 1.54) is 18.4 Å². The number of aliphatic imine (C=N–C) groups is 1. The van der Waals surface area contributed by atoms with Gasteiger partial charge in [0, 0.05) is 50.2 Å². The van der Waals surface area contributed by atoms with Crippen molar-refractivity contribution in [2.75, 3.05) is 39.9 Å². The van der Waals surface area contributed by atoms with Crippen LogP contribution in [0.15, 0.2) is 9.52 Å². The van der Waals surface area contributed by atoms with E-state index < -0.39 is 0 Å². The number of hydrogen-bond acceptors (Lipinski definition) is 4. The second-order valence-corrected chi connectivity index (χ2v) is 7.04. The van der Waals surface area contributed by atoms with Gasteiger partial charge in [-0.3, -0.25) is 4.99 Å². The molecule has 136 valence electrons. The maximum absolute atomic E-state index is 5.61. The van der Waals surface area contributed by atoms with Crippen LogP contribution in [-0.2, 0) is 4.74 Å². The first-order valence-corrected chi connectivity index (χ1v) is 8.51. The number of aryl methyl sites for hydroxylation is 2. The number of hydrogen-bond donors (Lipinski definition) is 1. The van der Waals surface area contributed by atoms with Gasteiger partial charge in [0.2, 0.25) is 0 Å². The fraction of sp³-hybridized carbons (Fsp3) is 0.765. The summed E-state index contributed by atoms with van der Waals surface area (Å²) < 4.78 is 10.9. The van der Waals surface area contributed by atoms with Crippen LogP contribution in [0.3, 0.4) is 0 Å². The molecule has 0 saturated carbocycles. The van der Waals surface area contributed by atoms with E-state index in [4.69, 9.17) is 9.26 Å². The highest BCUT2D eigenvalue weighted by atomic mass is 127. The molecule has 2 aliphatic heterocycles. The fourth-order valence-corrected chi connectivity index (χ4v) is 3.96. The smallest absolute Gasteiger partial charge is 0.193 e. The largest absolute Gasteiger partial charge is 0.381 e. The molecule has 2 fully saturated rings. The van der Waals surface area contributed by atoms with Gasteiger partial charge in [-0.2, -0.15) is 0 Å². The molecule has 0 amide bonds. The number of halogens is 1. The minimum absolute atomic E-state index is 0. The van der Waals surface area contributed by atoms with Crippen molar-refractivity contribution in [2.24, 2.45) is 10.4 Å². The van der Waals surface area contributed by atoms with Crippen LogP contribution in [0.2, 0.25) is 0 Å². The lowest BCUT2D eigenvalue weighted by atomic mass is 9.87. The molecule has 1 aromatic heterocycles. The molecule has 0 aliphatic carbocycles. The summed E-state index contributed by atoms with van der Waals surface area (Å²) in [5, 5.41) is 7.58. The third kappa shape index (κ3) is 3.87. The molecule has 1 aromatic rings. The fourth-order valence-electron chi connectivity index (χ4n) is 3.96. The minimum Gasteiger partial charge on any atom is -0.381 e. The zero-order chi connectivity index (χ0) is 16.4. The third-order valence-electron chi connectivity index (χ3n) is 5.28. The quantitative estimate of drug-likeness (QED) is 0.438. The number of guanidine groups is 1. The molecule has 1 N–H and O–H groups in total. The van der Waals surface area contributed by atoms with Gasteiger partial charge >= 0.3 is 0 Å². The monoisotopic (exact) mass is 448 g/mol. The SMILES string of the molecule is CN=C(NCC(C)c1c(C)noc1C)N1CCC2(CCOC2)C1.I. The van der Waals surface area contributed by atoms with E-state index >= 15 is 0 Å². The second-order valence-electron chi connectivity index (χ2n) is 7.04. The molecule has 2 unspecified atom stereocenters. The predicted molar refractivity (Wildman–Crippen MR) is 105 cm³/mol. The maximum atomic E-state index is 5.61. The Balaban J connectivity index is 0.00000208. The summed E-state index contributed by atoms with van der Waals surface area (Å²) in [6.45, 7) is 10.9. The molecule has 0 bridgehead atoms. The Morgan fingerprint density at radius 3 is 2.79 bits per heavy atom. The zero-order valence-electron chi connectivity index (χ0n) is 15.1. The molecular weight excluding hydrogens is 419 g/mol. The number of ether oxygens (including phenoxy) is 1. The number of rotatable bonds is 3. The van der Waals surface area contributed by atoms with Crippen molar-refractivity contribution in [1.82, 2.24) is 15.4 Å². The molecular formula is C17H29IN4O2. The van der Waals surface area contributed by atoms with E-state index in [0.717, 1.165) is 50.3 Å². The van der Waals surface area contributed by atoms with Crippen molar-refractivity contribution in [3.05, 3.63) is 17.0 Å². The lowest BCUT2D eigenvalue weighted by molar-refractivity contribution is 0.156. The van der Waals surface area contributed by atoms with Gasteiger partial charge in [0.25, 0.3) is 0 Å². The number of likely N-dealkylation sites (tertiary alicyclic amines) is 1.